The van der Waals surface area contributed by atoms with Crippen LogP contribution in [-0.2, 0) is 4.79 Å². The summed E-state index contributed by atoms with van der Waals surface area (Å²) in [5.41, 5.74) is 1.06. The zero-order valence-electron chi connectivity index (χ0n) is 16.3. The fourth-order valence-corrected chi connectivity index (χ4v) is 3.97. The summed E-state index contributed by atoms with van der Waals surface area (Å²) in [4.78, 5) is 55.1. The van der Waals surface area contributed by atoms with Gasteiger partial charge in [0, 0.05) is 43.7 Å². The summed E-state index contributed by atoms with van der Waals surface area (Å²) in [5, 5.41) is 0. The maximum atomic E-state index is 13.0. The van der Waals surface area contributed by atoms with E-state index in [2.05, 4.69) is 0 Å². The standard InChI is InChI=1S/C21H25N3O4/c1-13(2)24-20(27)16-7-6-15(12-17(16)21(24)28)19(26)23-9-3-8-22(10-11-23)18(25)14-4-5-14/h6-7,12-14H,3-5,8-11H2,1-2H3. The van der Waals surface area contributed by atoms with Crippen molar-refractivity contribution in [2.45, 2.75) is 39.2 Å². The van der Waals surface area contributed by atoms with E-state index < -0.39 is 0 Å². The fraction of sp³-hybridized carbons (Fsp3) is 0.524. The Hall–Kier alpha value is -2.70. The first kappa shape index (κ1) is 18.7. The van der Waals surface area contributed by atoms with E-state index >= 15 is 0 Å². The third-order valence-electron chi connectivity index (χ3n) is 5.70. The molecule has 2 fully saturated rings. The smallest absolute Gasteiger partial charge is 0.261 e. The second-order valence-corrected chi connectivity index (χ2v) is 8.08. The van der Waals surface area contributed by atoms with Crippen LogP contribution in [0.2, 0.25) is 0 Å². The van der Waals surface area contributed by atoms with E-state index in [0.29, 0.717) is 42.9 Å². The first-order valence-electron chi connectivity index (χ1n) is 9.98. The topological polar surface area (TPSA) is 78.0 Å². The van der Waals surface area contributed by atoms with Gasteiger partial charge in [0.15, 0.2) is 0 Å². The molecule has 1 aromatic carbocycles. The monoisotopic (exact) mass is 383 g/mol. The van der Waals surface area contributed by atoms with Crippen molar-refractivity contribution in [3.8, 4) is 0 Å². The minimum Gasteiger partial charge on any atom is -0.341 e. The van der Waals surface area contributed by atoms with Crippen LogP contribution < -0.4 is 0 Å². The second kappa shape index (κ2) is 7.04. The molecule has 0 unspecified atom stereocenters. The average molecular weight is 383 g/mol. The molecule has 0 spiro atoms. The summed E-state index contributed by atoms with van der Waals surface area (Å²) >= 11 is 0. The number of carbonyl (C=O) groups is 4. The molecule has 1 saturated heterocycles. The highest BCUT2D eigenvalue weighted by Crippen LogP contribution is 2.31. The van der Waals surface area contributed by atoms with Crippen LogP contribution in [-0.4, -0.2) is 70.5 Å². The zero-order chi connectivity index (χ0) is 20.0. The van der Waals surface area contributed by atoms with Gasteiger partial charge in [-0.1, -0.05) is 0 Å². The molecule has 1 aliphatic carbocycles. The molecule has 1 aromatic rings. The average Bonchev–Trinajstić information content (AvgIpc) is 3.50. The van der Waals surface area contributed by atoms with Crippen molar-refractivity contribution in [1.82, 2.24) is 14.7 Å². The Balaban J connectivity index is 1.49. The van der Waals surface area contributed by atoms with Gasteiger partial charge in [-0.25, -0.2) is 0 Å². The Morgan fingerprint density at radius 3 is 2.25 bits per heavy atom. The summed E-state index contributed by atoms with van der Waals surface area (Å²) in [6.45, 7) is 5.87. The Labute approximate surface area is 164 Å². The van der Waals surface area contributed by atoms with E-state index in [9.17, 15) is 19.2 Å². The van der Waals surface area contributed by atoms with Gasteiger partial charge in [-0.15, -0.1) is 0 Å². The van der Waals surface area contributed by atoms with Crippen molar-refractivity contribution < 1.29 is 19.2 Å². The van der Waals surface area contributed by atoms with Gasteiger partial charge < -0.3 is 9.80 Å². The summed E-state index contributed by atoms with van der Waals surface area (Å²) < 4.78 is 0. The summed E-state index contributed by atoms with van der Waals surface area (Å²) in [6.07, 6.45) is 2.70. The van der Waals surface area contributed by atoms with Crippen LogP contribution in [0.1, 0.15) is 64.2 Å². The van der Waals surface area contributed by atoms with Crippen LogP contribution in [0.15, 0.2) is 18.2 Å². The SMILES string of the molecule is CC(C)N1C(=O)c2ccc(C(=O)N3CCCN(C(=O)C4CC4)CC3)cc2C1=O. The molecule has 0 N–H and O–H groups in total. The molecule has 4 amide bonds. The zero-order valence-corrected chi connectivity index (χ0v) is 16.3. The van der Waals surface area contributed by atoms with E-state index in [-0.39, 0.29) is 35.6 Å². The Morgan fingerprint density at radius 2 is 1.57 bits per heavy atom. The summed E-state index contributed by atoms with van der Waals surface area (Å²) in [5.74, 6) is -0.414. The third-order valence-corrected chi connectivity index (χ3v) is 5.70. The minimum atomic E-state index is -0.346. The Kier molecular flexibility index (Phi) is 4.69. The molecule has 2 aliphatic heterocycles. The minimum absolute atomic E-state index is 0.160. The molecule has 2 heterocycles. The van der Waals surface area contributed by atoms with Crippen molar-refractivity contribution in [3.63, 3.8) is 0 Å². The quantitative estimate of drug-likeness (QED) is 0.746. The number of hydrogen-bond acceptors (Lipinski definition) is 4. The van der Waals surface area contributed by atoms with Crippen LogP contribution in [0.25, 0.3) is 0 Å². The van der Waals surface area contributed by atoms with Gasteiger partial charge in [-0.3, -0.25) is 24.1 Å². The molecule has 0 radical (unpaired) electrons. The number of hydrogen-bond donors (Lipinski definition) is 0. The second-order valence-electron chi connectivity index (χ2n) is 8.08. The first-order valence-corrected chi connectivity index (χ1v) is 9.98. The van der Waals surface area contributed by atoms with Gasteiger partial charge in [0.1, 0.15) is 0 Å². The normalized spacial score (nSPS) is 19.9. The van der Waals surface area contributed by atoms with Crippen LogP contribution in [0.5, 0.6) is 0 Å². The lowest BCUT2D eigenvalue weighted by molar-refractivity contribution is -0.132. The van der Waals surface area contributed by atoms with Crippen molar-refractivity contribution >= 4 is 23.6 Å². The molecule has 0 atom stereocenters. The molecule has 28 heavy (non-hydrogen) atoms. The molecule has 7 heteroatoms. The Morgan fingerprint density at radius 1 is 0.929 bits per heavy atom. The van der Waals surface area contributed by atoms with Crippen molar-refractivity contribution in [3.05, 3.63) is 34.9 Å². The lowest BCUT2D eigenvalue weighted by atomic mass is 10.0. The highest BCUT2D eigenvalue weighted by atomic mass is 16.2. The van der Waals surface area contributed by atoms with Crippen LogP contribution in [0, 0.1) is 5.92 Å². The number of nitrogens with zero attached hydrogens (tertiary/aromatic N) is 3. The predicted molar refractivity (Wildman–Crippen MR) is 102 cm³/mol. The number of fused-ring (bicyclic) bond motifs is 1. The largest absolute Gasteiger partial charge is 0.341 e. The molecule has 7 nitrogen and oxygen atoms in total. The number of amides is 4. The molecule has 0 bridgehead atoms. The van der Waals surface area contributed by atoms with Crippen LogP contribution >= 0.6 is 0 Å². The first-order chi connectivity index (χ1) is 13.4. The van der Waals surface area contributed by atoms with Crippen molar-refractivity contribution in [2.24, 2.45) is 5.92 Å². The van der Waals surface area contributed by atoms with Gasteiger partial charge in [0.05, 0.1) is 11.1 Å². The van der Waals surface area contributed by atoms with E-state index in [1.165, 1.54) is 11.0 Å². The van der Waals surface area contributed by atoms with Crippen LogP contribution in [0.4, 0.5) is 0 Å². The fourth-order valence-electron chi connectivity index (χ4n) is 3.97. The Bertz CT molecular complexity index is 859. The van der Waals surface area contributed by atoms with Gasteiger partial charge in [-0.05, 0) is 51.3 Å². The number of imide groups is 1. The van der Waals surface area contributed by atoms with E-state index in [1.54, 1.807) is 30.9 Å². The predicted octanol–water partition coefficient (Wildman–Crippen LogP) is 1.78. The highest BCUT2D eigenvalue weighted by molar-refractivity contribution is 6.22. The van der Waals surface area contributed by atoms with Gasteiger partial charge in [0.2, 0.25) is 5.91 Å². The molecule has 148 valence electrons. The number of carbonyl (C=O) groups excluding carboxylic acids is 4. The maximum absolute atomic E-state index is 13.0. The molecular formula is C21H25N3O4. The molecule has 4 rings (SSSR count). The van der Waals surface area contributed by atoms with Gasteiger partial charge in [0.25, 0.3) is 17.7 Å². The van der Waals surface area contributed by atoms with Gasteiger partial charge in [-0.2, -0.15) is 0 Å². The van der Waals surface area contributed by atoms with E-state index in [1.807, 2.05) is 4.90 Å². The van der Waals surface area contributed by atoms with Crippen LogP contribution in [0.3, 0.4) is 0 Å². The van der Waals surface area contributed by atoms with Crippen molar-refractivity contribution in [1.29, 1.82) is 0 Å². The maximum Gasteiger partial charge on any atom is 0.261 e. The molecule has 1 saturated carbocycles. The molecule has 3 aliphatic rings. The molecular weight excluding hydrogens is 358 g/mol. The lowest BCUT2D eigenvalue weighted by Crippen LogP contribution is -2.38. The third kappa shape index (κ3) is 3.19. The number of rotatable bonds is 3. The summed E-state index contributed by atoms with van der Waals surface area (Å²) in [7, 11) is 0. The highest BCUT2D eigenvalue weighted by Gasteiger charge is 2.38. The number of benzene rings is 1. The summed E-state index contributed by atoms with van der Waals surface area (Å²) in [6, 6.07) is 4.51. The molecule has 0 aromatic heterocycles. The van der Waals surface area contributed by atoms with E-state index in [4.69, 9.17) is 0 Å². The van der Waals surface area contributed by atoms with Crippen molar-refractivity contribution in [2.75, 3.05) is 26.2 Å². The van der Waals surface area contributed by atoms with Gasteiger partial charge >= 0.3 is 0 Å². The van der Waals surface area contributed by atoms with E-state index in [0.717, 1.165) is 19.3 Å². The lowest BCUT2D eigenvalue weighted by Gasteiger charge is -2.22.